The van der Waals surface area contributed by atoms with E-state index in [0.29, 0.717) is 4.88 Å². The third-order valence-electron chi connectivity index (χ3n) is 4.15. The zero-order chi connectivity index (χ0) is 18.8. The largest absolute Gasteiger partial charge is 0.319 e. The van der Waals surface area contributed by atoms with Gasteiger partial charge in [0.25, 0.3) is 5.91 Å². The number of anilines is 1. The number of para-hydroxylation sites is 1. The highest BCUT2D eigenvalue weighted by Gasteiger charge is 2.15. The van der Waals surface area contributed by atoms with Gasteiger partial charge in [0.2, 0.25) is 0 Å². The van der Waals surface area contributed by atoms with Crippen LogP contribution in [0.25, 0.3) is 21.8 Å². The predicted octanol–water partition coefficient (Wildman–Crippen LogP) is 5.21. The second-order valence-corrected chi connectivity index (χ2v) is 7.09. The summed E-state index contributed by atoms with van der Waals surface area (Å²) in [7, 11) is 1.88. The predicted molar refractivity (Wildman–Crippen MR) is 106 cm³/mol. The molecule has 0 atom stereocenters. The Morgan fingerprint density at radius 3 is 2.56 bits per heavy atom. The summed E-state index contributed by atoms with van der Waals surface area (Å²) in [6.45, 7) is 0. The molecule has 0 aliphatic rings. The highest BCUT2D eigenvalue weighted by molar-refractivity contribution is 7.17. The third-order valence-corrected chi connectivity index (χ3v) is 5.26. The molecule has 0 aliphatic heterocycles. The van der Waals surface area contributed by atoms with Crippen LogP contribution in [-0.2, 0) is 7.05 Å². The lowest BCUT2D eigenvalue weighted by Crippen LogP contribution is -2.11. The lowest BCUT2D eigenvalue weighted by molar-refractivity contribution is 0.103. The van der Waals surface area contributed by atoms with E-state index in [1.165, 1.54) is 23.5 Å². The van der Waals surface area contributed by atoms with E-state index in [4.69, 9.17) is 0 Å². The molecule has 0 saturated carbocycles. The molecule has 6 heteroatoms. The third kappa shape index (κ3) is 3.52. The Bertz CT molecular complexity index is 1100. The molecule has 0 bridgehead atoms. The maximum absolute atomic E-state index is 13.7. The number of aromatic nitrogens is 2. The molecule has 0 fully saturated rings. The summed E-state index contributed by atoms with van der Waals surface area (Å²) in [5.41, 5.74) is 3.00. The molecular formula is C21H16FN3OS. The van der Waals surface area contributed by atoms with Gasteiger partial charge in [-0.1, -0.05) is 42.5 Å². The van der Waals surface area contributed by atoms with E-state index in [2.05, 4.69) is 10.4 Å². The summed E-state index contributed by atoms with van der Waals surface area (Å²) in [6, 6.07) is 21.7. The SMILES string of the molecule is Cn1nc(-c2ccccc2)cc1-c1ccc(C(=O)Nc2ccccc2F)s1. The van der Waals surface area contributed by atoms with Crippen molar-refractivity contribution < 1.29 is 9.18 Å². The second-order valence-electron chi connectivity index (χ2n) is 6.00. The van der Waals surface area contributed by atoms with Gasteiger partial charge in [-0.2, -0.15) is 5.10 Å². The summed E-state index contributed by atoms with van der Waals surface area (Å²) < 4.78 is 15.5. The van der Waals surface area contributed by atoms with Crippen molar-refractivity contribution in [3.05, 3.63) is 83.5 Å². The van der Waals surface area contributed by atoms with Crippen LogP contribution >= 0.6 is 11.3 Å². The van der Waals surface area contributed by atoms with Crippen molar-refractivity contribution in [2.45, 2.75) is 0 Å². The molecule has 4 nitrogen and oxygen atoms in total. The van der Waals surface area contributed by atoms with Crippen molar-refractivity contribution in [2.75, 3.05) is 5.32 Å². The monoisotopic (exact) mass is 377 g/mol. The van der Waals surface area contributed by atoms with Gasteiger partial charge in [-0.3, -0.25) is 9.48 Å². The molecule has 0 saturated heterocycles. The number of thiophene rings is 1. The van der Waals surface area contributed by atoms with Gasteiger partial charge in [-0.15, -0.1) is 11.3 Å². The highest BCUT2D eigenvalue weighted by Crippen LogP contribution is 2.31. The first kappa shape index (κ1) is 17.2. The van der Waals surface area contributed by atoms with Crippen LogP contribution in [0.1, 0.15) is 9.67 Å². The van der Waals surface area contributed by atoms with Crippen LogP contribution in [0.3, 0.4) is 0 Å². The Morgan fingerprint density at radius 2 is 1.78 bits per heavy atom. The van der Waals surface area contributed by atoms with Gasteiger partial charge in [-0.25, -0.2) is 4.39 Å². The first-order valence-corrected chi connectivity index (χ1v) is 9.19. The van der Waals surface area contributed by atoms with Crippen LogP contribution in [0.15, 0.2) is 72.8 Å². The van der Waals surface area contributed by atoms with Crippen molar-refractivity contribution in [1.82, 2.24) is 9.78 Å². The van der Waals surface area contributed by atoms with E-state index in [0.717, 1.165) is 21.8 Å². The number of hydrogen-bond acceptors (Lipinski definition) is 3. The van der Waals surface area contributed by atoms with Gasteiger partial charge in [0, 0.05) is 12.6 Å². The maximum atomic E-state index is 13.7. The standard InChI is InChI=1S/C21H16FN3OS/c1-25-18(13-17(24-25)14-7-3-2-4-8-14)19-11-12-20(27-19)21(26)23-16-10-6-5-9-15(16)22/h2-13H,1H3,(H,23,26). The Hall–Kier alpha value is -3.25. The lowest BCUT2D eigenvalue weighted by Gasteiger charge is -2.04. The van der Waals surface area contributed by atoms with E-state index < -0.39 is 5.82 Å². The number of rotatable bonds is 4. The minimum Gasteiger partial charge on any atom is -0.319 e. The van der Waals surface area contributed by atoms with Gasteiger partial charge in [0.1, 0.15) is 5.82 Å². The normalized spacial score (nSPS) is 10.7. The Kier molecular flexibility index (Phi) is 4.56. The molecule has 134 valence electrons. The zero-order valence-corrected chi connectivity index (χ0v) is 15.3. The van der Waals surface area contributed by atoms with Crippen LogP contribution in [0.2, 0.25) is 0 Å². The molecule has 27 heavy (non-hydrogen) atoms. The van der Waals surface area contributed by atoms with Gasteiger partial charge in [0.05, 0.1) is 26.8 Å². The van der Waals surface area contributed by atoms with Crippen molar-refractivity contribution in [2.24, 2.45) is 7.05 Å². The van der Waals surface area contributed by atoms with Crippen molar-refractivity contribution in [3.8, 4) is 21.8 Å². The van der Waals surface area contributed by atoms with Crippen LogP contribution in [0.4, 0.5) is 10.1 Å². The first-order chi connectivity index (χ1) is 13.1. The molecule has 2 aromatic heterocycles. The van der Waals surface area contributed by atoms with E-state index in [-0.39, 0.29) is 11.6 Å². The number of aryl methyl sites for hydroxylation is 1. The van der Waals surface area contributed by atoms with Crippen molar-refractivity contribution >= 4 is 22.9 Å². The van der Waals surface area contributed by atoms with E-state index in [9.17, 15) is 9.18 Å². The molecular weight excluding hydrogens is 361 g/mol. The number of benzene rings is 2. The Morgan fingerprint density at radius 1 is 1.04 bits per heavy atom. The topological polar surface area (TPSA) is 46.9 Å². The zero-order valence-electron chi connectivity index (χ0n) is 14.5. The molecule has 4 aromatic rings. The average molecular weight is 377 g/mol. The number of nitrogens with one attached hydrogen (secondary N) is 1. The van der Waals surface area contributed by atoms with E-state index in [1.807, 2.05) is 49.5 Å². The lowest BCUT2D eigenvalue weighted by atomic mass is 10.1. The van der Waals surface area contributed by atoms with Crippen molar-refractivity contribution in [1.29, 1.82) is 0 Å². The Labute approximate surface area is 159 Å². The van der Waals surface area contributed by atoms with Gasteiger partial charge in [-0.05, 0) is 30.3 Å². The van der Waals surface area contributed by atoms with Crippen LogP contribution in [-0.4, -0.2) is 15.7 Å². The van der Waals surface area contributed by atoms with E-state index >= 15 is 0 Å². The molecule has 0 spiro atoms. The number of amides is 1. The van der Waals surface area contributed by atoms with Crippen LogP contribution in [0, 0.1) is 5.82 Å². The number of carbonyl (C=O) groups is 1. The molecule has 4 rings (SSSR count). The van der Waals surface area contributed by atoms with Gasteiger partial charge < -0.3 is 5.32 Å². The number of halogens is 1. The van der Waals surface area contributed by atoms with Crippen LogP contribution < -0.4 is 5.32 Å². The minimum atomic E-state index is -0.457. The maximum Gasteiger partial charge on any atom is 0.265 e. The van der Waals surface area contributed by atoms with Gasteiger partial charge >= 0.3 is 0 Å². The molecule has 1 amide bonds. The van der Waals surface area contributed by atoms with Crippen molar-refractivity contribution in [3.63, 3.8) is 0 Å². The summed E-state index contributed by atoms with van der Waals surface area (Å²) in [6.07, 6.45) is 0. The summed E-state index contributed by atoms with van der Waals surface area (Å²) in [5.74, 6) is -0.788. The highest BCUT2D eigenvalue weighted by atomic mass is 32.1. The summed E-state index contributed by atoms with van der Waals surface area (Å²) in [5, 5.41) is 7.17. The molecule has 0 radical (unpaired) electrons. The second kappa shape index (κ2) is 7.17. The molecule has 2 heterocycles. The quantitative estimate of drug-likeness (QED) is 0.531. The van der Waals surface area contributed by atoms with E-state index in [1.54, 1.807) is 22.9 Å². The summed E-state index contributed by atoms with van der Waals surface area (Å²) >= 11 is 1.35. The molecule has 2 aromatic carbocycles. The summed E-state index contributed by atoms with van der Waals surface area (Å²) in [4.78, 5) is 13.9. The number of nitrogens with zero attached hydrogens (tertiary/aromatic N) is 2. The van der Waals surface area contributed by atoms with Crippen LogP contribution in [0.5, 0.6) is 0 Å². The molecule has 0 unspecified atom stereocenters. The van der Waals surface area contributed by atoms with Gasteiger partial charge in [0.15, 0.2) is 0 Å². The smallest absolute Gasteiger partial charge is 0.265 e. The molecule has 0 aliphatic carbocycles. The molecule has 1 N–H and O–H groups in total. The average Bonchev–Trinajstić information content (AvgIpc) is 3.31. The first-order valence-electron chi connectivity index (χ1n) is 8.37. The Balaban J connectivity index is 1.59. The number of hydrogen-bond donors (Lipinski definition) is 1. The number of carbonyl (C=O) groups excluding carboxylic acids is 1. The fourth-order valence-corrected chi connectivity index (χ4v) is 3.74. The fraction of sp³-hybridized carbons (Fsp3) is 0.0476. The fourth-order valence-electron chi connectivity index (χ4n) is 2.79. The minimum absolute atomic E-state index is 0.171.